The SMILES string of the molecule is COc1ccccc1CCNC(=O)C1CC(=O)Nc2cc(F)ccc21. The van der Waals surface area contributed by atoms with Crippen LogP contribution in [-0.2, 0) is 16.0 Å². The van der Waals surface area contributed by atoms with Gasteiger partial charge in [0, 0.05) is 18.7 Å². The summed E-state index contributed by atoms with van der Waals surface area (Å²) in [5.74, 6) is -0.812. The molecular weight excluding hydrogens is 323 g/mol. The van der Waals surface area contributed by atoms with Crippen molar-refractivity contribution in [1.29, 1.82) is 0 Å². The standard InChI is InChI=1S/C19H19FN2O3/c1-25-17-5-3-2-4-12(17)8-9-21-19(24)15-11-18(23)22-16-10-13(20)6-7-14(15)16/h2-7,10,15H,8-9,11H2,1H3,(H,21,24)(H,22,23). The summed E-state index contributed by atoms with van der Waals surface area (Å²) < 4.78 is 18.6. The lowest BCUT2D eigenvalue weighted by Crippen LogP contribution is -2.36. The van der Waals surface area contributed by atoms with Crippen molar-refractivity contribution in [3.63, 3.8) is 0 Å². The molecule has 6 heteroatoms. The number of amides is 2. The van der Waals surface area contributed by atoms with Gasteiger partial charge in [0.25, 0.3) is 0 Å². The summed E-state index contributed by atoms with van der Waals surface area (Å²) in [7, 11) is 1.61. The fourth-order valence-electron chi connectivity index (χ4n) is 3.02. The number of rotatable bonds is 5. The van der Waals surface area contributed by atoms with E-state index in [-0.39, 0.29) is 18.2 Å². The first-order valence-corrected chi connectivity index (χ1v) is 8.07. The van der Waals surface area contributed by atoms with Gasteiger partial charge in [0.15, 0.2) is 0 Å². The number of nitrogens with one attached hydrogen (secondary N) is 2. The van der Waals surface area contributed by atoms with Crippen LogP contribution < -0.4 is 15.4 Å². The molecule has 1 aliphatic rings. The predicted octanol–water partition coefficient (Wildman–Crippen LogP) is 2.62. The van der Waals surface area contributed by atoms with Crippen LogP contribution in [0.3, 0.4) is 0 Å². The number of para-hydroxylation sites is 1. The molecule has 0 aromatic heterocycles. The van der Waals surface area contributed by atoms with Gasteiger partial charge in [-0.1, -0.05) is 24.3 Å². The average molecular weight is 342 g/mol. The van der Waals surface area contributed by atoms with Crippen molar-refractivity contribution in [1.82, 2.24) is 5.32 Å². The molecule has 0 radical (unpaired) electrons. The Morgan fingerprint density at radius 1 is 1.32 bits per heavy atom. The van der Waals surface area contributed by atoms with Crippen LogP contribution in [0.5, 0.6) is 5.75 Å². The molecule has 3 rings (SSSR count). The van der Waals surface area contributed by atoms with Crippen LogP contribution in [0.2, 0.25) is 0 Å². The molecule has 0 aliphatic carbocycles. The highest BCUT2D eigenvalue weighted by molar-refractivity contribution is 6.01. The molecule has 1 aliphatic heterocycles. The third kappa shape index (κ3) is 3.79. The number of carbonyl (C=O) groups excluding carboxylic acids is 2. The second-order valence-corrected chi connectivity index (χ2v) is 5.89. The molecule has 1 unspecified atom stereocenters. The third-order valence-electron chi connectivity index (χ3n) is 4.26. The van der Waals surface area contributed by atoms with Gasteiger partial charge in [-0.15, -0.1) is 0 Å². The Kier molecular flexibility index (Phi) is 4.97. The first-order chi connectivity index (χ1) is 12.1. The summed E-state index contributed by atoms with van der Waals surface area (Å²) >= 11 is 0. The van der Waals surface area contributed by atoms with Gasteiger partial charge in [0.1, 0.15) is 11.6 Å². The third-order valence-corrected chi connectivity index (χ3v) is 4.26. The van der Waals surface area contributed by atoms with Gasteiger partial charge in [-0.2, -0.15) is 0 Å². The molecule has 130 valence electrons. The Morgan fingerprint density at radius 2 is 2.12 bits per heavy atom. The highest BCUT2D eigenvalue weighted by Crippen LogP contribution is 2.32. The Labute approximate surface area is 145 Å². The molecule has 0 bridgehead atoms. The number of hydrogen-bond acceptors (Lipinski definition) is 3. The van der Waals surface area contributed by atoms with Crippen molar-refractivity contribution in [3.8, 4) is 5.75 Å². The molecule has 0 spiro atoms. The first kappa shape index (κ1) is 17.0. The van der Waals surface area contributed by atoms with E-state index < -0.39 is 11.7 Å². The van der Waals surface area contributed by atoms with E-state index >= 15 is 0 Å². The Morgan fingerprint density at radius 3 is 2.92 bits per heavy atom. The summed E-state index contributed by atoms with van der Waals surface area (Å²) in [5.41, 5.74) is 1.99. The van der Waals surface area contributed by atoms with Crippen molar-refractivity contribution in [2.24, 2.45) is 0 Å². The summed E-state index contributed by atoms with van der Waals surface area (Å²) in [6.45, 7) is 0.424. The minimum absolute atomic E-state index is 0.0547. The predicted molar refractivity (Wildman–Crippen MR) is 92.1 cm³/mol. The molecule has 0 fully saturated rings. The van der Waals surface area contributed by atoms with Gasteiger partial charge in [-0.05, 0) is 35.7 Å². The maximum Gasteiger partial charge on any atom is 0.228 e. The van der Waals surface area contributed by atoms with E-state index in [9.17, 15) is 14.0 Å². The average Bonchev–Trinajstić information content (AvgIpc) is 2.60. The molecule has 2 amide bonds. The zero-order valence-electron chi connectivity index (χ0n) is 13.8. The maximum atomic E-state index is 13.3. The number of ether oxygens (including phenoxy) is 1. The van der Waals surface area contributed by atoms with E-state index in [2.05, 4.69) is 10.6 Å². The van der Waals surface area contributed by atoms with Crippen molar-refractivity contribution in [3.05, 3.63) is 59.4 Å². The van der Waals surface area contributed by atoms with E-state index in [1.165, 1.54) is 12.1 Å². The van der Waals surface area contributed by atoms with Gasteiger partial charge in [-0.3, -0.25) is 9.59 Å². The second-order valence-electron chi connectivity index (χ2n) is 5.89. The van der Waals surface area contributed by atoms with E-state index in [1.54, 1.807) is 13.2 Å². The number of carbonyl (C=O) groups is 2. The normalized spacial score (nSPS) is 15.9. The Balaban J connectivity index is 1.67. The fraction of sp³-hybridized carbons (Fsp3) is 0.263. The topological polar surface area (TPSA) is 67.4 Å². The van der Waals surface area contributed by atoms with E-state index in [4.69, 9.17) is 4.74 Å². The highest BCUT2D eigenvalue weighted by atomic mass is 19.1. The summed E-state index contributed by atoms with van der Waals surface area (Å²) in [4.78, 5) is 24.3. The van der Waals surface area contributed by atoms with Gasteiger partial charge < -0.3 is 15.4 Å². The minimum atomic E-state index is -0.609. The largest absolute Gasteiger partial charge is 0.496 e. The van der Waals surface area contributed by atoms with Crippen LogP contribution in [0.15, 0.2) is 42.5 Å². The van der Waals surface area contributed by atoms with Crippen LogP contribution in [0, 0.1) is 5.82 Å². The molecular formula is C19H19FN2O3. The van der Waals surface area contributed by atoms with Crippen LogP contribution in [0.1, 0.15) is 23.5 Å². The fourth-order valence-corrected chi connectivity index (χ4v) is 3.02. The molecule has 1 heterocycles. The Hall–Kier alpha value is -2.89. The van der Waals surface area contributed by atoms with Crippen molar-refractivity contribution >= 4 is 17.5 Å². The van der Waals surface area contributed by atoms with Crippen LogP contribution in [-0.4, -0.2) is 25.5 Å². The molecule has 0 saturated carbocycles. The highest BCUT2D eigenvalue weighted by Gasteiger charge is 2.30. The maximum absolute atomic E-state index is 13.3. The van der Waals surface area contributed by atoms with Gasteiger partial charge in [-0.25, -0.2) is 4.39 Å². The smallest absolute Gasteiger partial charge is 0.228 e. The monoisotopic (exact) mass is 342 g/mol. The van der Waals surface area contributed by atoms with Gasteiger partial charge in [0.2, 0.25) is 11.8 Å². The van der Waals surface area contributed by atoms with Crippen LogP contribution in [0.25, 0.3) is 0 Å². The van der Waals surface area contributed by atoms with E-state index in [0.717, 1.165) is 11.3 Å². The summed E-state index contributed by atoms with van der Waals surface area (Å²) in [6, 6.07) is 11.7. The lowest BCUT2D eigenvalue weighted by atomic mass is 9.89. The summed E-state index contributed by atoms with van der Waals surface area (Å²) in [6.07, 6.45) is 0.671. The number of halogens is 1. The molecule has 2 N–H and O–H groups in total. The lowest BCUT2D eigenvalue weighted by Gasteiger charge is -2.25. The van der Waals surface area contributed by atoms with Gasteiger partial charge >= 0.3 is 0 Å². The lowest BCUT2D eigenvalue weighted by molar-refractivity contribution is -0.126. The summed E-state index contributed by atoms with van der Waals surface area (Å²) in [5, 5.41) is 5.47. The van der Waals surface area contributed by atoms with Crippen molar-refractivity contribution in [2.75, 3.05) is 19.0 Å². The van der Waals surface area contributed by atoms with E-state index in [0.29, 0.717) is 24.2 Å². The molecule has 2 aromatic rings. The minimum Gasteiger partial charge on any atom is -0.496 e. The quantitative estimate of drug-likeness (QED) is 0.878. The first-order valence-electron chi connectivity index (χ1n) is 8.07. The number of anilines is 1. The zero-order chi connectivity index (χ0) is 17.8. The molecule has 25 heavy (non-hydrogen) atoms. The zero-order valence-corrected chi connectivity index (χ0v) is 13.8. The number of hydrogen-bond donors (Lipinski definition) is 2. The Bertz CT molecular complexity index is 807. The molecule has 0 saturated heterocycles. The van der Waals surface area contributed by atoms with Crippen molar-refractivity contribution < 1.29 is 18.7 Å². The molecule has 1 atom stereocenters. The second kappa shape index (κ2) is 7.34. The number of methoxy groups -OCH3 is 1. The van der Waals surface area contributed by atoms with Gasteiger partial charge in [0.05, 0.1) is 13.0 Å². The molecule has 2 aromatic carbocycles. The van der Waals surface area contributed by atoms with Crippen LogP contribution >= 0.6 is 0 Å². The van der Waals surface area contributed by atoms with Crippen molar-refractivity contribution in [2.45, 2.75) is 18.8 Å². The van der Waals surface area contributed by atoms with E-state index in [1.807, 2.05) is 24.3 Å². The number of fused-ring (bicyclic) bond motifs is 1. The molecule has 5 nitrogen and oxygen atoms in total. The number of benzene rings is 2. The van der Waals surface area contributed by atoms with Crippen LogP contribution in [0.4, 0.5) is 10.1 Å².